The SMILES string of the molecule is CC(C)CNCc1cc(Cl)ccc1Sc1ccc(Br)cn1. The van der Waals surface area contributed by atoms with E-state index in [4.69, 9.17) is 11.6 Å². The van der Waals surface area contributed by atoms with Crippen molar-refractivity contribution < 1.29 is 0 Å². The molecule has 0 unspecified atom stereocenters. The van der Waals surface area contributed by atoms with Gasteiger partial charge in [-0.15, -0.1) is 0 Å². The van der Waals surface area contributed by atoms with Crippen LogP contribution in [-0.4, -0.2) is 11.5 Å². The van der Waals surface area contributed by atoms with Crippen LogP contribution in [0.2, 0.25) is 5.02 Å². The lowest BCUT2D eigenvalue weighted by atomic mass is 10.2. The molecule has 0 bridgehead atoms. The lowest BCUT2D eigenvalue weighted by molar-refractivity contribution is 0.550. The van der Waals surface area contributed by atoms with Crippen LogP contribution in [0.15, 0.2) is 50.9 Å². The molecule has 2 nitrogen and oxygen atoms in total. The summed E-state index contributed by atoms with van der Waals surface area (Å²) >= 11 is 11.2. The fourth-order valence-electron chi connectivity index (χ4n) is 1.82. The van der Waals surface area contributed by atoms with Gasteiger partial charge < -0.3 is 5.32 Å². The molecular formula is C16H18BrClN2S. The minimum Gasteiger partial charge on any atom is -0.312 e. The molecule has 0 aliphatic heterocycles. The van der Waals surface area contributed by atoms with Crippen LogP contribution in [0.1, 0.15) is 19.4 Å². The average molecular weight is 386 g/mol. The van der Waals surface area contributed by atoms with Crippen molar-refractivity contribution in [3.05, 3.63) is 51.6 Å². The first kappa shape index (κ1) is 16.8. The van der Waals surface area contributed by atoms with Gasteiger partial charge in [0.1, 0.15) is 5.03 Å². The molecule has 1 aromatic carbocycles. The Bertz CT molecular complexity index is 587. The molecular weight excluding hydrogens is 368 g/mol. The maximum atomic E-state index is 6.12. The zero-order chi connectivity index (χ0) is 15.2. The summed E-state index contributed by atoms with van der Waals surface area (Å²) in [5.41, 5.74) is 1.21. The predicted molar refractivity (Wildman–Crippen MR) is 94.1 cm³/mol. The quantitative estimate of drug-likeness (QED) is 0.721. The van der Waals surface area contributed by atoms with Crippen molar-refractivity contribution in [1.29, 1.82) is 0 Å². The first-order valence-electron chi connectivity index (χ1n) is 6.83. The van der Waals surface area contributed by atoms with Crippen molar-refractivity contribution in [2.24, 2.45) is 5.92 Å². The zero-order valence-electron chi connectivity index (χ0n) is 12.1. The van der Waals surface area contributed by atoms with Gasteiger partial charge in [0, 0.05) is 27.1 Å². The van der Waals surface area contributed by atoms with E-state index in [0.717, 1.165) is 27.6 Å². The Kier molecular flexibility index (Phi) is 6.55. The van der Waals surface area contributed by atoms with E-state index in [2.05, 4.69) is 46.1 Å². The highest BCUT2D eigenvalue weighted by Gasteiger charge is 2.07. The number of pyridine rings is 1. The van der Waals surface area contributed by atoms with E-state index in [1.807, 2.05) is 30.5 Å². The van der Waals surface area contributed by atoms with E-state index in [-0.39, 0.29) is 0 Å². The molecule has 21 heavy (non-hydrogen) atoms. The molecule has 0 saturated heterocycles. The molecule has 0 spiro atoms. The highest BCUT2D eigenvalue weighted by atomic mass is 79.9. The van der Waals surface area contributed by atoms with E-state index in [0.29, 0.717) is 5.92 Å². The lowest BCUT2D eigenvalue weighted by Crippen LogP contribution is -2.19. The van der Waals surface area contributed by atoms with Gasteiger partial charge in [0.2, 0.25) is 0 Å². The summed E-state index contributed by atoms with van der Waals surface area (Å²) in [7, 11) is 0. The minimum absolute atomic E-state index is 0.633. The van der Waals surface area contributed by atoms with Gasteiger partial charge in [-0.2, -0.15) is 0 Å². The fourth-order valence-corrected chi connectivity index (χ4v) is 3.11. The fraction of sp³-hybridized carbons (Fsp3) is 0.312. The molecule has 0 fully saturated rings. The van der Waals surface area contributed by atoms with Crippen LogP contribution in [-0.2, 0) is 6.54 Å². The van der Waals surface area contributed by atoms with Gasteiger partial charge in [0.15, 0.2) is 0 Å². The molecule has 2 rings (SSSR count). The Morgan fingerprint density at radius 2 is 2.10 bits per heavy atom. The second-order valence-electron chi connectivity index (χ2n) is 5.19. The number of nitrogens with one attached hydrogen (secondary N) is 1. The second kappa shape index (κ2) is 8.18. The van der Waals surface area contributed by atoms with Crippen molar-refractivity contribution in [2.45, 2.75) is 30.3 Å². The van der Waals surface area contributed by atoms with Crippen LogP contribution < -0.4 is 5.32 Å². The number of aromatic nitrogens is 1. The standard InChI is InChI=1S/C16H18BrClN2S/c1-11(2)8-19-9-12-7-14(18)4-5-15(12)21-16-6-3-13(17)10-20-16/h3-7,10-11,19H,8-9H2,1-2H3. The average Bonchev–Trinajstić information content (AvgIpc) is 2.43. The molecule has 0 aliphatic carbocycles. The largest absolute Gasteiger partial charge is 0.312 e. The maximum absolute atomic E-state index is 6.12. The van der Waals surface area contributed by atoms with Crippen molar-refractivity contribution >= 4 is 39.3 Å². The molecule has 5 heteroatoms. The predicted octanol–water partition coefficient (Wildman–Crippen LogP) is 5.39. The van der Waals surface area contributed by atoms with Crippen LogP contribution >= 0.6 is 39.3 Å². The van der Waals surface area contributed by atoms with Crippen molar-refractivity contribution in [3.63, 3.8) is 0 Å². The van der Waals surface area contributed by atoms with Crippen molar-refractivity contribution in [2.75, 3.05) is 6.54 Å². The summed E-state index contributed by atoms with van der Waals surface area (Å²) in [5, 5.41) is 5.21. The highest BCUT2D eigenvalue weighted by Crippen LogP contribution is 2.31. The molecule has 1 N–H and O–H groups in total. The summed E-state index contributed by atoms with van der Waals surface area (Å²) in [5.74, 6) is 0.633. The van der Waals surface area contributed by atoms with Gasteiger partial charge in [0.25, 0.3) is 0 Å². The van der Waals surface area contributed by atoms with E-state index in [1.54, 1.807) is 11.8 Å². The van der Waals surface area contributed by atoms with E-state index in [1.165, 1.54) is 10.5 Å². The monoisotopic (exact) mass is 384 g/mol. The van der Waals surface area contributed by atoms with Crippen LogP contribution in [0.4, 0.5) is 0 Å². The number of halogens is 2. The first-order chi connectivity index (χ1) is 10.0. The van der Waals surface area contributed by atoms with Gasteiger partial charge in [0.05, 0.1) is 0 Å². The lowest BCUT2D eigenvalue weighted by Gasteiger charge is -2.12. The van der Waals surface area contributed by atoms with Crippen LogP contribution in [0.5, 0.6) is 0 Å². The third-order valence-electron chi connectivity index (χ3n) is 2.81. The van der Waals surface area contributed by atoms with Gasteiger partial charge in [-0.25, -0.2) is 4.98 Å². The number of hydrogen-bond donors (Lipinski definition) is 1. The van der Waals surface area contributed by atoms with E-state index in [9.17, 15) is 0 Å². The second-order valence-corrected chi connectivity index (χ2v) is 7.61. The number of benzene rings is 1. The molecule has 1 heterocycles. The van der Waals surface area contributed by atoms with Crippen molar-refractivity contribution in [3.8, 4) is 0 Å². The van der Waals surface area contributed by atoms with Crippen LogP contribution in [0, 0.1) is 5.92 Å². The van der Waals surface area contributed by atoms with Gasteiger partial charge >= 0.3 is 0 Å². The Morgan fingerprint density at radius 3 is 2.76 bits per heavy atom. The van der Waals surface area contributed by atoms with Crippen molar-refractivity contribution in [1.82, 2.24) is 10.3 Å². The summed E-state index contributed by atoms with van der Waals surface area (Å²) in [6, 6.07) is 10.0. The van der Waals surface area contributed by atoms with Gasteiger partial charge in [-0.1, -0.05) is 37.2 Å². The first-order valence-corrected chi connectivity index (χ1v) is 8.82. The van der Waals surface area contributed by atoms with E-state index >= 15 is 0 Å². The molecule has 0 saturated carbocycles. The summed E-state index contributed by atoms with van der Waals surface area (Å²) in [4.78, 5) is 5.59. The van der Waals surface area contributed by atoms with Crippen LogP contribution in [0.3, 0.4) is 0 Å². The molecule has 1 aromatic heterocycles. The molecule has 0 aliphatic rings. The Hall–Kier alpha value is -0.550. The van der Waals surface area contributed by atoms with Crippen LogP contribution in [0.25, 0.3) is 0 Å². The Morgan fingerprint density at radius 1 is 1.29 bits per heavy atom. The summed E-state index contributed by atoms with van der Waals surface area (Å²) < 4.78 is 0.988. The van der Waals surface area contributed by atoms with Gasteiger partial charge in [-0.05, 0) is 64.3 Å². The number of rotatable bonds is 6. The third kappa shape index (κ3) is 5.62. The topological polar surface area (TPSA) is 24.9 Å². The smallest absolute Gasteiger partial charge is 0.101 e. The maximum Gasteiger partial charge on any atom is 0.101 e. The number of nitrogens with zero attached hydrogens (tertiary/aromatic N) is 1. The van der Waals surface area contributed by atoms with Gasteiger partial charge in [-0.3, -0.25) is 0 Å². The highest BCUT2D eigenvalue weighted by molar-refractivity contribution is 9.10. The molecule has 0 atom stereocenters. The van der Waals surface area contributed by atoms with E-state index < -0.39 is 0 Å². The normalized spacial score (nSPS) is 11.1. The zero-order valence-corrected chi connectivity index (χ0v) is 15.2. The Balaban J connectivity index is 2.12. The molecule has 0 amide bonds. The third-order valence-corrected chi connectivity index (χ3v) is 4.58. The summed E-state index contributed by atoms with van der Waals surface area (Å²) in [6.45, 7) is 6.21. The molecule has 112 valence electrons. The summed E-state index contributed by atoms with van der Waals surface area (Å²) in [6.07, 6.45) is 1.81. The molecule has 0 radical (unpaired) electrons. The molecule has 2 aromatic rings. The number of hydrogen-bond acceptors (Lipinski definition) is 3. The minimum atomic E-state index is 0.633. The Labute approximate surface area is 143 Å².